The summed E-state index contributed by atoms with van der Waals surface area (Å²) in [5.74, 6) is 0. The van der Waals surface area contributed by atoms with E-state index in [4.69, 9.17) is 0 Å². The number of rotatable bonds is 4. The Morgan fingerprint density at radius 1 is 1.05 bits per heavy atom. The normalized spacial score (nSPS) is 10.3. The molecule has 0 bridgehead atoms. The lowest BCUT2D eigenvalue weighted by atomic mass is 10.1. The molecule has 1 N–H and O–H groups in total. The van der Waals surface area contributed by atoms with Crippen LogP contribution in [0.4, 0.5) is 21.5 Å². The molecule has 0 fully saturated rings. The largest absolute Gasteiger partial charge is 0.355 e. The molecule has 3 heteroatoms. The highest BCUT2D eigenvalue weighted by molar-refractivity contribution is 5.73. The minimum absolute atomic E-state index is 0.342. The van der Waals surface area contributed by atoms with Crippen LogP contribution >= 0.6 is 0 Å². The van der Waals surface area contributed by atoms with Gasteiger partial charge in [0.2, 0.25) is 0 Å². The molecule has 0 atom stereocenters. The topological polar surface area (TPSA) is 15.3 Å². The molecular weight excluding hydrogens is 239 g/mol. The minimum atomic E-state index is 0.342. The Morgan fingerprint density at radius 3 is 2.37 bits per heavy atom. The summed E-state index contributed by atoms with van der Waals surface area (Å²) in [6.07, 6.45) is 0. The maximum atomic E-state index is 13.8. The van der Waals surface area contributed by atoms with Gasteiger partial charge in [-0.15, -0.1) is 0 Å². The van der Waals surface area contributed by atoms with Gasteiger partial charge in [-0.05, 0) is 50.1 Å². The van der Waals surface area contributed by atoms with Crippen molar-refractivity contribution in [2.45, 2.75) is 20.8 Å². The second kappa shape index (κ2) is 5.74. The van der Waals surface area contributed by atoms with E-state index in [1.807, 2.05) is 56.3 Å². The molecule has 0 saturated heterocycles. The molecule has 0 aliphatic rings. The van der Waals surface area contributed by atoms with Crippen molar-refractivity contribution in [2.75, 3.05) is 17.0 Å². The van der Waals surface area contributed by atoms with E-state index >= 15 is 0 Å². The van der Waals surface area contributed by atoms with Crippen molar-refractivity contribution in [3.63, 3.8) is 0 Å². The molecule has 0 aliphatic heterocycles. The number of hydrogen-bond donors (Lipinski definition) is 1. The van der Waals surface area contributed by atoms with E-state index in [0.29, 0.717) is 12.2 Å². The molecule has 19 heavy (non-hydrogen) atoms. The van der Waals surface area contributed by atoms with Gasteiger partial charge in [0.15, 0.2) is 0 Å². The van der Waals surface area contributed by atoms with E-state index < -0.39 is 0 Å². The fourth-order valence-corrected chi connectivity index (χ4v) is 2.13. The lowest BCUT2D eigenvalue weighted by Gasteiger charge is -2.19. The van der Waals surface area contributed by atoms with Gasteiger partial charge >= 0.3 is 0 Å². The van der Waals surface area contributed by atoms with Gasteiger partial charge in [0.25, 0.3) is 0 Å². The molecule has 2 aromatic rings. The van der Waals surface area contributed by atoms with Gasteiger partial charge in [-0.3, -0.25) is 0 Å². The zero-order valence-corrected chi connectivity index (χ0v) is 11.6. The van der Waals surface area contributed by atoms with Crippen molar-refractivity contribution in [3.05, 3.63) is 53.6 Å². The van der Waals surface area contributed by atoms with Crippen LogP contribution in [0.1, 0.15) is 18.1 Å². The summed E-state index contributed by atoms with van der Waals surface area (Å²) in [6, 6.07) is 13.7. The van der Waals surface area contributed by atoms with Crippen LogP contribution < -0.4 is 10.4 Å². The quantitative estimate of drug-likeness (QED) is 0.795. The number of anilines is 3. The SMILES string of the molecule is CCN(F)c1ccc(C)c(Nc2ccccc2)c1C. The van der Waals surface area contributed by atoms with Gasteiger partial charge in [-0.1, -0.05) is 28.7 Å². The van der Waals surface area contributed by atoms with Crippen LogP contribution in [0.5, 0.6) is 0 Å². The number of hydrogen-bond acceptors (Lipinski definition) is 2. The first-order valence-corrected chi connectivity index (χ1v) is 6.49. The van der Waals surface area contributed by atoms with Gasteiger partial charge in [-0.2, -0.15) is 0 Å². The fraction of sp³-hybridized carbons (Fsp3) is 0.250. The van der Waals surface area contributed by atoms with Gasteiger partial charge in [0.05, 0.1) is 5.69 Å². The highest BCUT2D eigenvalue weighted by atomic mass is 19.2. The average molecular weight is 258 g/mol. The highest BCUT2D eigenvalue weighted by Gasteiger charge is 2.12. The molecule has 0 radical (unpaired) electrons. The summed E-state index contributed by atoms with van der Waals surface area (Å²) < 4.78 is 13.8. The number of benzene rings is 2. The molecule has 0 heterocycles. The van der Waals surface area contributed by atoms with E-state index in [1.165, 1.54) is 0 Å². The Labute approximate surface area is 113 Å². The molecule has 0 saturated carbocycles. The number of aryl methyl sites for hydroxylation is 1. The number of para-hydroxylation sites is 1. The summed E-state index contributed by atoms with van der Waals surface area (Å²) in [7, 11) is 0. The number of nitrogens with zero attached hydrogens (tertiary/aromatic N) is 1. The van der Waals surface area contributed by atoms with Gasteiger partial charge in [-0.25, -0.2) is 5.12 Å². The molecule has 0 unspecified atom stereocenters. The molecule has 0 aromatic heterocycles. The van der Waals surface area contributed by atoms with Crippen LogP contribution in [-0.2, 0) is 0 Å². The average Bonchev–Trinajstić information content (AvgIpc) is 2.44. The molecule has 0 amide bonds. The van der Waals surface area contributed by atoms with Crippen LogP contribution in [0.15, 0.2) is 42.5 Å². The number of nitrogens with one attached hydrogen (secondary N) is 1. The molecule has 2 nitrogen and oxygen atoms in total. The van der Waals surface area contributed by atoms with Crippen molar-refractivity contribution in [1.82, 2.24) is 0 Å². The third-order valence-electron chi connectivity index (χ3n) is 3.23. The standard InChI is InChI=1S/C16H19FN2/c1-4-19(17)15-11-10-12(2)16(13(15)3)18-14-8-6-5-7-9-14/h5-11,18H,4H2,1-3H3. The first-order valence-electron chi connectivity index (χ1n) is 6.49. The smallest absolute Gasteiger partial charge is 0.0737 e. The molecule has 2 rings (SSSR count). The Balaban J connectivity index is 2.39. The lowest BCUT2D eigenvalue weighted by Crippen LogP contribution is -2.12. The zero-order valence-electron chi connectivity index (χ0n) is 11.6. The van der Waals surface area contributed by atoms with Crippen molar-refractivity contribution < 1.29 is 4.48 Å². The predicted octanol–water partition coefficient (Wildman–Crippen LogP) is 4.76. The Kier molecular flexibility index (Phi) is 4.05. The van der Waals surface area contributed by atoms with Crippen molar-refractivity contribution >= 4 is 17.1 Å². The third kappa shape index (κ3) is 2.87. The summed E-state index contributed by atoms with van der Waals surface area (Å²) >= 11 is 0. The second-order valence-corrected chi connectivity index (χ2v) is 4.57. The van der Waals surface area contributed by atoms with Crippen LogP contribution in [0.2, 0.25) is 0 Å². The third-order valence-corrected chi connectivity index (χ3v) is 3.23. The lowest BCUT2D eigenvalue weighted by molar-refractivity contribution is 0.444. The zero-order chi connectivity index (χ0) is 13.8. The van der Waals surface area contributed by atoms with E-state index in [2.05, 4.69) is 5.32 Å². The summed E-state index contributed by atoms with van der Waals surface area (Å²) in [4.78, 5) is 0. The molecule has 0 spiro atoms. The second-order valence-electron chi connectivity index (χ2n) is 4.57. The predicted molar refractivity (Wildman–Crippen MR) is 79.8 cm³/mol. The monoisotopic (exact) mass is 258 g/mol. The van der Waals surface area contributed by atoms with Gasteiger partial charge < -0.3 is 5.32 Å². The molecular formula is C16H19FN2. The van der Waals surface area contributed by atoms with E-state index in [-0.39, 0.29) is 0 Å². The van der Waals surface area contributed by atoms with E-state index in [9.17, 15) is 4.48 Å². The fourth-order valence-electron chi connectivity index (χ4n) is 2.13. The van der Waals surface area contributed by atoms with Crippen molar-refractivity contribution in [3.8, 4) is 0 Å². The van der Waals surface area contributed by atoms with Crippen LogP contribution in [0, 0.1) is 13.8 Å². The van der Waals surface area contributed by atoms with Gasteiger partial charge in [0, 0.05) is 17.9 Å². The molecule has 2 aromatic carbocycles. The van der Waals surface area contributed by atoms with Crippen LogP contribution in [0.25, 0.3) is 0 Å². The van der Waals surface area contributed by atoms with Crippen LogP contribution in [-0.4, -0.2) is 6.54 Å². The van der Waals surface area contributed by atoms with Crippen molar-refractivity contribution in [2.24, 2.45) is 0 Å². The van der Waals surface area contributed by atoms with Crippen LogP contribution in [0.3, 0.4) is 0 Å². The van der Waals surface area contributed by atoms with Crippen molar-refractivity contribution in [1.29, 1.82) is 0 Å². The maximum absolute atomic E-state index is 13.8. The Morgan fingerprint density at radius 2 is 1.74 bits per heavy atom. The minimum Gasteiger partial charge on any atom is -0.355 e. The molecule has 0 aliphatic carbocycles. The Bertz CT molecular complexity index is 552. The molecule has 100 valence electrons. The van der Waals surface area contributed by atoms with Gasteiger partial charge in [0.1, 0.15) is 0 Å². The summed E-state index contributed by atoms with van der Waals surface area (Å²) in [6.45, 7) is 6.10. The highest BCUT2D eigenvalue weighted by Crippen LogP contribution is 2.32. The van der Waals surface area contributed by atoms with E-state index in [0.717, 1.165) is 27.6 Å². The maximum Gasteiger partial charge on any atom is 0.0737 e. The first kappa shape index (κ1) is 13.4. The Hall–Kier alpha value is -2.03. The summed E-state index contributed by atoms with van der Waals surface area (Å²) in [5.41, 5.74) is 4.63. The number of halogens is 1. The van der Waals surface area contributed by atoms with E-state index in [1.54, 1.807) is 6.92 Å². The first-order chi connectivity index (χ1) is 9.13. The summed E-state index contributed by atoms with van der Waals surface area (Å²) in [5, 5.41) is 4.14.